The summed E-state index contributed by atoms with van der Waals surface area (Å²) in [4.78, 5) is 0. The molecule has 0 amide bonds. The third kappa shape index (κ3) is 4.79. The summed E-state index contributed by atoms with van der Waals surface area (Å²) in [5, 5.41) is 8.89. The molecular formula is C14H18BrNO. The molecular weight excluding hydrogens is 278 g/mol. The highest BCUT2D eigenvalue weighted by Gasteiger charge is 2.15. The van der Waals surface area contributed by atoms with Crippen molar-refractivity contribution in [2.75, 3.05) is 6.61 Å². The van der Waals surface area contributed by atoms with E-state index in [9.17, 15) is 0 Å². The lowest BCUT2D eigenvalue weighted by Gasteiger charge is -2.15. The van der Waals surface area contributed by atoms with Crippen LogP contribution in [0.15, 0.2) is 22.7 Å². The first kappa shape index (κ1) is 14.1. The number of aryl methyl sites for hydroxylation is 1. The molecule has 0 radical (unpaired) electrons. The second-order valence-electron chi connectivity index (χ2n) is 4.86. The van der Waals surface area contributed by atoms with Crippen molar-refractivity contribution in [2.45, 2.75) is 33.6 Å². The summed E-state index contributed by atoms with van der Waals surface area (Å²) in [5.74, 6) is 0.919. The number of halogens is 1. The molecule has 3 heteroatoms. The third-order valence-corrected chi connectivity index (χ3v) is 3.14. The number of ether oxygens (including phenoxy) is 1. The lowest BCUT2D eigenvalue weighted by molar-refractivity contribution is 0.282. The van der Waals surface area contributed by atoms with Crippen molar-refractivity contribution in [3.05, 3.63) is 28.2 Å². The molecule has 0 heterocycles. The maximum atomic E-state index is 8.89. The van der Waals surface area contributed by atoms with E-state index in [1.54, 1.807) is 0 Å². The summed E-state index contributed by atoms with van der Waals surface area (Å²) < 4.78 is 6.76. The molecule has 1 rings (SSSR count). The SMILES string of the molecule is Cc1cc(Br)ccc1OCCCC(C)(C)C#N. The first-order valence-corrected chi connectivity index (χ1v) is 6.54. The van der Waals surface area contributed by atoms with Gasteiger partial charge in [0, 0.05) is 4.47 Å². The van der Waals surface area contributed by atoms with E-state index in [1.807, 2.05) is 39.0 Å². The quantitative estimate of drug-likeness (QED) is 0.751. The first-order chi connectivity index (χ1) is 7.94. The smallest absolute Gasteiger partial charge is 0.122 e. The second-order valence-corrected chi connectivity index (χ2v) is 5.77. The molecule has 0 N–H and O–H groups in total. The molecule has 0 aliphatic rings. The van der Waals surface area contributed by atoms with Gasteiger partial charge in [0.15, 0.2) is 0 Å². The summed E-state index contributed by atoms with van der Waals surface area (Å²) in [5.41, 5.74) is 0.872. The Balaban J connectivity index is 2.39. The van der Waals surface area contributed by atoms with Crippen LogP contribution in [-0.4, -0.2) is 6.61 Å². The van der Waals surface area contributed by atoms with E-state index in [0.717, 1.165) is 28.6 Å². The maximum absolute atomic E-state index is 8.89. The average molecular weight is 296 g/mol. The third-order valence-electron chi connectivity index (χ3n) is 2.64. The van der Waals surface area contributed by atoms with Gasteiger partial charge in [-0.05, 0) is 57.4 Å². The van der Waals surface area contributed by atoms with Gasteiger partial charge in [-0.3, -0.25) is 0 Å². The Bertz CT molecular complexity index is 421. The van der Waals surface area contributed by atoms with Gasteiger partial charge < -0.3 is 4.74 Å². The fourth-order valence-corrected chi connectivity index (χ4v) is 2.00. The van der Waals surface area contributed by atoms with Gasteiger partial charge in [-0.15, -0.1) is 0 Å². The monoisotopic (exact) mass is 295 g/mol. The number of hydrogen-bond acceptors (Lipinski definition) is 2. The summed E-state index contributed by atoms with van der Waals surface area (Å²) in [6.07, 6.45) is 1.76. The first-order valence-electron chi connectivity index (χ1n) is 5.75. The highest BCUT2D eigenvalue weighted by atomic mass is 79.9. The fourth-order valence-electron chi connectivity index (χ4n) is 1.53. The molecule has 0 aliphatic carbocycles. The van der Waals surface area contributed by atoms with E-state index in [1.165, 1.54) is 0 Å². The Hall–Kier alpha value is -1.01. The van der Waals surface area contributed by atoms with Gasteiger partial charge in [0.1, 0.15) is 5.75 Å². The Morgan fingerprint density at radius 1 is 1.41 bits per heavy atom. The van der Waals surface area contributed by atoms with E-state index in [4.69, 9.17) is 10.00 Å². The molecule has 0 aliphatic heterocycles. The lowest BCUT2D eigenvalue weighted by Crippen LogP contribution is -2.10. The van der Waals surface area contributed by atoms with Crippen LogP contribution < -0.4 is 4.74 Å². The van der Waals surface area contributed by atoms with Crippen molar-refractivity contribution in [1.82, 2.24) is 0 Å². The summed E-state index contributed by atoms with van der Waals surface area (Å²) in [6, 6.07) is 8.27. The van der Waals surface area contributed by atoms with Crippen LogP contribution in [0.4, 0.5) is 0 Å². The molecule has 0 aromatic heterocycles. The van der Waals surface area contributed by atoms with Crippen LogP contribution in [0.1, 0.15) is 32.3 Å². The minimum atomic E-state index is -0.252. The molecule has 0 saturated heterocycles. The molecule has 0 unspecified atom stereocenters. The Morgan fingerprint density at radius 2 is 2.12 bits per heavy atom. The molecule has 0 fully saturated rings. The minimum Gasteiger partial charge on any atom is -0.493 e. The Kier molecular flexibility index (Phi) is 5.02. The van der Waals surface area contributed by atoms with Crippen molar-refractivity contribution >= 4 is 15.9 Å². The summed E-state index contributed by atoms with van der Waals surface area (Å²) >= 11 is 3.42. The van der Waals surface area contributed by atoms with E-state index in [-0.39, 0.29) is 5.41 Å². The van der Waals surface area contributed by atoms with Crippen molar-refractivity contribution in [1.29, 1.82) is 5.26 Å². The second kappa shape index (κ2) is 6.07. The predicted octanol–water partition coefficient (Wildman–Crippen LogP) is 4.47. The van der Waals surface area contributed by atoms with Gasteiger partial charge in [-0.2, -0.15) is 5.26 Å². The zero-order valence-corrected chi connectivity index (χ0v) is 12.2. The lowest BCUT2D eigenvalue weighted by atomic mass is 9.90. The van der Waals surface area contributed by atoms with Crippen LogP contribution in [-0.2, 0) is 0 Å². The van der Waals surface area contributed by atoms with Gasteiger partial charge in [-0.25, -0.2) is 0 Å². The fraction of sp³-hybridized carbons (Fsp3) is 0.500. The maximum Gasteiger partial charge on any atom is 0.122 e. The van der Waals surface area contributed by atoms with E-state index in [0.29, 0.717) is 6.61 Å². The predicted molar refractivity (Wildman–Crippen MR) is 73.0 cm³/mol. The Morgan fingerprint density at radius 3 is 2.71 bits per heavy atom. The highest BCUT2D eigenvalue weighted by molar-refractivity contribution is 9.10. The van der Waals surface area contributed by atoms with Gasteiger partial charge in [0.05, 0.1) is 18.1 Å². The van der Waals surface area contributed by atoms with Crippen molar-refractivity contribution in [3.63, 3.8) is 0 Å². The molecule has 0 atom stereocenters. The van der Waals surface area contributed by atoms with E-state index < -0.39 is 0 Å². The van der Waals surface area contributed by atoms with Gasteiger partial charge in [0.2, 0.25) is 0 Å². The Labute approximate surface area is 112 Å². The van der Waals surface area contributed by atoms with Crippen LogP contribution >= 0.6 is 15.9 Å². The zero-order chi connectivity index (χ0) is 12.9. The van der Waals surface area contributed by atoms with Crippen LogP contribution in [0.5, 0.6) is 5.75 Å². The molecule has 0 bridgehead atoms. The highest BCUT2D eigenvalue weighted by Crippen LogP contribution is 2.24. The van der Waals surface area contributed by atoms with Gasteiger partial charge in [0.25, 0.3) is 0 Å². The van der Waals surface area contributed by atoms with E-state index in [2.05, 4.69) is 22.0 Å². The topological polar surface area (TPSA) is 33.0 Å². The molecule has 0 spiro atoms. The normalized spacial score (nSPS) is 11.0. The average Bonchev–Trinajstić information content (AvgIpc) is 2.27. The number of benzene rings is 1. The minimum absolute atomic E-state index is 0.252. The van der Waals surface area contributed by atoms with Crippen LogP contribution in [0.25, 0.3) is 0 Å². The molecule has 92 valence electrons. The number of nitriles is 1. The molecule has 17 heavy (non-hydrogen) atoms. The standard InChI is InChI=1S/C14H18BrNO/c1-11-9-12(15)5-6-13(11)17-8-4-7-14(2,3)10-16/h5-6,9H,4,7-8H2,1-3H3. The molecule has 1 aromatic carbocycles. The van der Waals surface area contributed by atoms with Crippen molar-refractivity contribution in [2.24, 2.45) is 5.41 Å². The summed E-state index contributed by atoms with van der Waals surface area (Å²) in [7, 11) is 0. The van der Waals surface area contributed by atoms with Gasteiger partial charge >= 0.3 is 0 Å². The van der Waals surface area contributed by atoms with Crippen LogP contribution in [0, 0.1) is 23.7 Å². The summed E-state index contributed by atoms with van der Waals surface area (Å²) in [6.45, 7) is 6.60. The van der Waals surface area contributed by atoms with Crippen molar-refractivity contribution in [3.8, 4) is 11.8 Å². The molecule has 1 aromatic rings. The number of nitrogens with zero attached hydrogens (tertiary/aromatic N) is 1. The molecule has 2 nitrogen and oxygen atoms in total. The number of rotatable bonds is 5. The van der Waals surface area contributed by atoms with Crippen LogP contribution in [0.2, 0.25) is 0 Å². The van der Waals surface area contributed by atoms with Gasteiger partial charge in [-0.1, -0.05) is 15.9 Å². The van der Waals surface area contributed by atoms with Crippen LogP contribution in [0.3, 0.4) is 0 Å². The van der Waals surface area contributed by atoms with Crippen molar-refractivity contribution < 1.29 is 4.74 Å². The zero-order valence-electron chi connectivity index (χ0n) is 10.6. The number of hydrogen-bond donors (Lipinski definition) is 0. The van der Waals surface area contributed by atoms with E-state index >= 15 is 0 Å². The molecule has 0 saturated carbocycles. The largest absolute Gasteiger partial charge is 0.493 e.